The van der Waals surface area contributed by atoms with Crippen LogP contribution >= 0.6 is 11.3 Å². The molecule has 1 unspecified atom stereocenters. The van der Waals surface area contributed by atoms with E-state index < -0.39 is 5.60 Å². The van der Waals surface area contributed by atoms with Crippen molar-refractivity contribution < 1.29 is 9.90 Å². The van der Waals surface area contributed by atoms with E-state index in [2.05, 4.69) is 20.7 Å². The molecular weight excluding hydrogens is 314 g/mol. The number of hydrogen-bond donors (Lipinski definition) is 3. The zero-order valence-electron chi connectivity index (χ0n) is 13.7. The van der Waals surface area contributed by atoms with E-state index in [0.717, 1.165) is 23.5 Å². The van der Waals surface area contributed by atoms with Crippen molar-refractivity contribution in [2.45, 2.75) is 32.3 Å². The molecule has 0 bridgehead atoms. The molecule has 0 aliphatic carbocycles. The van der Waals surface area contributed by atoms with Gasteiger partial charge in [-0.25, -0.2) is 9.78 Å². The Hall–Kier alpha value is -1.93. The lowest BCUT2D eigenvalue weighted by Gasteiger charge is -2.22. The Labute approximate surface area is 139 Å². The molecule has 0 fully saturated rings. The second-order valence-electron chi connectivity index (χ2n) is 5.77. The third-order valence-corrected chi connectivity index (χ3v) is 4.47. The number of aryl methyl sites for hydroxylation is 3. The van der Waals surface area contributed by atoms with Crippen LogP contribution in [0.3, 0.4) is 0 Å². The molecule has 2 heterocycles. The first-order valence-electron chi connectivity index (χ1n) is 7.51. The molecule has 0 radical (unpaired) electrons. The number of hydrogen-bond acceptors (Lipinski definition) is 5. The molecule has 0 spiro atoms. The quantitative estimate of drug-likeness (QED) is 0.665. The van der Waals surface area contributed by atoms with Gasteiger partial charge in [-0.2, -0.15) is 5.10 Å². The van der Waals surface area contributed by atoms with E-state index in [0.29, 0.717) is 12.1 Å². The fourth-order valence-electron chi connectivity index (χ4n) is 2.08. The predicted octanol–water partition coefficient (Wildman–Crippen LogP) is 1.32. The maximum atomic E-state index is 11.8. The first-order valence-corrected chi connectivity index (χ1v) is 8.39. The normalized spacial score (nSPS) is 13.6. The van der Waals surface area contributed by atoms with Crippen molar-refractivity contribution in [3.63, 3.8) is 0 Å². The van der Waals surface area contributed by atoms with Gasteiger partial charge >= 0.3 is 6.03 Å². The van der Waals surface area contributed by atoms with Gasteiger partial charge in [0.1, 0.15) is 5.60 Å². The summed E-state index contributed by atoms with van der Waals surface area (Å²) in [6.45, 7) is 4.31. The summed E-state index contributed by atoms with van der Waals surface area (Å²) < 4.78 is 1.62. The molecule has 3 N–H and O–H groups in total. The Morgan fingerprint density at radius 2 is 2.26 bits per heavy atom. The zero-order valence-corrected chi connectivity index (χ0v) is 14.5. The third kappa shape index (κ3) is 5.33. The molecule has 23 heavy (non-hydrogen) atoms. The second kappa shape index (κ2) is 7.56. The number of thiazole rings is 1. The molecule has 126 valence electrons. The highest BCUT2D eigenvalue weighted by Gasteiger charge is 2.25. The van der Waals surface area contributed by atoms with E-state index in [-0.39, 0.29) is 12.6 Å². The molecule has 7 nitrogen and oxygen atoms in total. The standard InChI is InChI=1S/C15H23N5O2S/c1-11-9-23-13(19-11)5-4-6-16-14(21)17-10-15(2,22)12-7-18-20(3)8-12/h7-9,22H,4-6,10H2,1-3H3,(H2,16,17,21). The highest BCUT2D eigenvalue weighted by atomic mass is 32.1. The topological polar surface area (TPSA) is 92.1 Å². The van der Waals surface area contributed by atoms with Crippen LogP contribution in [0.15, 0.2) is 17.8 Å². The lowest BCUT2D eigenvalue weighted by atomic mass is 10.00. The van der Waals surface area contributed by atoms with E-state index >= 15 is 0 Å². The first-order chi connectivity index (χ1) is 10.9. The molecular formula is C15H23N5O2S. The highest BCUT2D eigenvalue weighted by Crippen LogP contribution is 2.18. The smallest absolute Gasteiger partial charge is 0.314 e. The summed E-state index contributed by atoms with van der Waals surface area (Å²) in [4.78, 5) is 16.2. The van der Waals surface area contributed by atoms with E-state index in [1.165, 1.54) is 0 Å². The van der Waals surface area contributed by atoms with E-state index in [1.54, 1.807) is 42.4 Å². The zero-order chi connectivity index (χ0) is 16.9. The van der Waals surface area contributed by atoms with Crippen LogP contribution in [0.1, 0.15) is 29.6 Å². The van der Waals surface area contributed by atoms with Gasteiger partial charge in [0, 0.05) is 42.8 Å². The number of nitrogens with one attached hydrogen (secondary N) is 2. The fourth-order valence-corrected chi connectivity index (χ4v) is 2.89. The van der Waals surface area contributed by atoms with Crippen LogP contribution in [0.4, 0.5) is 4.79 Å². The number of urea groups is 1. The van der Waals surface area contributed by atoms with Gasteiger partial charge in [0.05, 0.1) is 17.7 Å². The Morgan fingerprint density at radius 1 is 1.48 bits per heavy atom. The summed E-state index contributed by atoms with van der Waals surface area (Å²) in [5, 5.41) is 23.0. The molecule has 0 aliphatic heterocycles. The van der Waals surface area contributed by atoms with Crippen molar-refractivity contribution in [1.82, 2.24) is 25.4 Å². The van der Waals surface area contributed by atoms with Crippen molar-refractivity contribution in [1.29, 1.82) is 0 Å². The number of aliphatic hydroxyl groups is 1. The fraction of sp³-hybridized carbons (Fsp3) is 0.533. The molecule has 2 rings (SSSR count). The molecule has 0 aliphatic rings. The lowest BCUT2D eigenvalue weighted by Crippen LogP contribution is -2.43. The van der Waals surface area contributed by atoms with Gasteiger partial charge in [0.25, 0.3) is 0 Å². The second-order valence-corrected chi connectivity index (χ2v) is 6.71. The maximum absolute atomic E-state index is 11.8. The summed E-state index contributed by atoms with van der Waals surface area (Å²) in [5.41, 5.74) is 0.553. The number of amides is 2. The summed E-state index contributed by atoms with van der Waals surface area (Å²) in [5.74, 6) is 0. The van der Waals surface area contributed by atoms with Crippen LogP contribution in [0, 0.1) is 6.92 Å². The van der Waals surface area contributed by atoms with E-state index in [9.17, 15) is 9.90 Å². The van der Waals surface area contributed by atoms with Crippen LogP contribution < -0.4 is 10.6 Å². The monoisotopic (exact) mass is 337 g/mol. The van der Waals surface area contributed by atoms with Crippen molar-refractivity contribution >= 4 is 17.4 Å². The summed E-state index contributed by atoms with van der Waals surface area (Å²) in [6, 6.07) is -0.288. The minimum atomic E-state index is -1.15. The molecule has 0 aromatic carbocycles. The number of carbonyl (C=O) groups excluding carboxylic acids is 1. The van der Waals surface area contributed by atoms with Crippen LogP contribution in [0.5, 0.6) is 0 Å². The number of carbonyl (C=O) groups is 1. The molecule has 0 saturated heterocycles. The average molecular weight is 337 g/mol. The van der Waals surface area contributed by atoms with E-state index in [4.69, 9.17) is 0 Å². The minimum absolute atomic E-state index is 0.121. The largest absolute Gasteiger partial charge is 0.383 e. The minimum Gasteiger partial charge on any atom is -0.383 e. The van der Waals surface area contributed by atoms with Gasteiger partial charge in [0.2, 0.25) is 0 Å². The molecule has 1 atom stereocenters. The van der Waals surface area contributed by atoms with Crippen molar-refractivity contribution in [2.75, 3.05) is 13.1 Å². The highest BCUT2D eigenvalue weighted by molar-refractivity contribution is 7.09. The first kappa shape index (κ1) is 17.4. The molecule has 0 saturated carbocycles. The van der Waals surface area contributed by atoms with Gasteiger partial charge < -0.3 is 15.7 Å². The molecule has 2 aromatic heterocycles. The molecule has 8 heteroatoms. The lowest BCUT2D eigenvalue weighted by molar-refractivity contribution is 0.0593. The number of aromatic nitrogens is 3. The van der Waals surface area contributed by atoms with Crippen LogP contribution in [-0.4, -0.2) is 39.0 Å². The molecule has 2 aromatic rings. The van der Waals surface area contributed by atoms with Gasteiger partial charge in [-0.05, 0) is 20.3 Å². The van der Waals surface area contributed by atoms with Crippen LogP contribution in [0.25, 0.3) is 0 Å². The number of rotatable bonds is 7. The van der Waals surface area contributed by atoms with Gasteiger partial charge in [-0.1, -0.05) is 0 Å². The van der Waals surface area contributed by atoms with Crippen molar-refractivity contribution in [3.8, 4) is 0 Å². The SMILES string of the molecule is Cc1csc(CCCNC(=O)NCC(C)(O)c2cnn(C)c2)n1. The number of nitrogens with zero attached hydrogens (tertiary/aromatic N) is 3. The summed E-state index contributed by atoms with van der Waals surface area (Å²) in [7, 11) is 1.78. The van der Waals surface area contributed by atoms with E-state index in [1.807, 2.05) is 12.3 Å². The summed E-state index contributed by atoms with van der Waals surface area (Å²) >= 11 is 1.64. The average Bonchev–Trinajstić information content (AvgIpc) is 3.10. The van der Waals surface area contributed by atoms with Crippen LogP contribution in [-0.2, 0) is 19.1 Å². The van der Waals surface area contributed by atoms with Crippen molar-refractivity contribution in [3.05, 3.63) is 34.0 Å². The van der Waals surface area contributed by atoms with Crippen molar-refractivity contribution in [2.24, 2.45) is 7.05 Å². The third-order valence-electron chi connectivity index (χ3n) is 3.44. The summed E-state index contributed by atoms with van der Waals surface area (Å²) in [6.07, 6.45) is 5.01. The van der Waals surface area contributed by atoms with Gasteiger partial charge in [-0.15, -0.1) is 11.3 Å². The predicted molar refractivity (Wildman–Crippen MR) is 89.4 cm³/mol. The Morgan fingerprint density at radius 3 is 2.87 bits per heavy atom. The Kier molecular flexibility index (Phi) is 5.73. The Bertz CT molecular complexity index is 650. The van der Waals surface area contributed by atoms with Gasteiger partial charge in [-0.3, -0.25) is 4.68 Å². The van der Waals surface area contributed by atoms with Crippen LogP contribution in [0.2, 0.25) is 0 Å². The maximum Gasteiger partial charge on any atom is 0.314 e. The van der Waals surface area contributed by atoms with Gasteiger partial charge in [0.15, 0.2) is 0 Å². The molecule has 2 amide bonds. The Balaban J connectivity index is 1.66.